The van der Waals surface area contributed by atoms with E-state index in [9.17, 15) is 9.59 Å². The summed E-state index contributed by atoms with van der Waals surface area (Å²) >= 11 is 0. The first kappa shape index (κ1) is 18.6. The predicted molar refractivity (Wildman–Crippen MR) is 108 cm³/mol. The van der Waals surface area contributed by atoms with E-state index in [1.165, 1.54) is 15.3 Å². The molecule has 0 atom stereocenters. The fourth-order valence-electron chi connectivity index (χ4n) is 3.17. The van der Waals surface area contributed by atoms with Crippen LogP contribution in [0.25, 0.3) is 17.0 Å². The second-order valence-electron chi connectivity index (χ2n) is 6.86. The topological polar surface area (TPSA) is 96.8 Å². The summed E-state index contributed by atoms with van der Waals surface area (Å²) in [5.74, 6) is 1.05. The molecule has 0 fully saturated rings. The highest BCUT2D eigenvalue weighted by molar-refractivity contribution is 5.73. The van der Waals surface area contributed by atoms with Gasteiger partial charge in [-0.1, -0.05) is 12.1 Å². The normalized spacial score (nSPS) is 11.3. The average molecular weight is 392 g/mol. The molecule has 0 saturated carbocycles. The summed E-state index contributed by atoms with van der Waals surface area (Å²) in [4.78, 5) is 39.0. The van der Waals surface area contributed by atoms with E-state index in [1.807, 2.05) is 26.0 Å². The smallest absolute Gasteiger partial charge is 0.333 e. The quantitative estimate of drug-likeness (QED) is 0.514. The molecule has 9 nitrogen and oxygen atoms in total. The van der Waals surface area contributed by atoms with Crippen molar-refractivity contribution in [3.63, 3.8) is 0 Å². The summed E-state index contributed by atoms with van der Waals surface area (Å²) in [5.41, 5.74) is 0.286. The highest BCUT2D eigenvalue weighted by Crippen LogP contribution is 2.14. The molecule has 3 aromatic heterocycles. The van der Waals surface area contributed by atoms with E-state index in [0.717, 1.165) is 5.56 Å². The summed E-state index contributed by atoms with van der Waals surface area (Å²) in [6, 6.07) is 7.05. The van der Waals surface area contributed by atoms with Crippen molar-refractivity contribution in [2.45, 2.75) is 26.4 Å². The number of hydrogen-bond donors (Lipinski definition) is 0. The van der Waals surface area contributed by atoms with Gasteiger partial charge in [-0.25, -0.2) is 14.8 Å². The van der Waals surface area contributed by atoms with E-state index in [-0.39, 0.29) is 18.0 Å². The molecule has 0 bridgehead atoms. The molecule has 0 spiro atoms. The Morgan fingerprint density at radius 3 is 2.52 bits per heavy atom. The number of hydrogen-bond acceptors (Lipinski definition) is 6. The number of aromatic nitrogens is 6. The van der Waals surface area contributed by atoms with Crippen LogP contribution in [0.15, 0.2) is 58.8 Å². The molecular formula is C20H20N6O3. The van der Waals surface area contributed by atoms with Crippen LogP contribution in [0.5, 0.6) is 5.75 Å². The first-order valence-corrected chi connectivity index (χ1v) is 9.13. The third kappa shape index (κ3) is 3.31. The van der Waals surface area contributed by atoms with E-state index in [0.29, 0.717) is 17.3 Å². The van der Waals surface area contributed by atoms with Gasteiger partial charge >= 0.3 is 5.69 Å². The van der Waals surface area contributed by atoms with Crippen molar-refractivity contribution in [3.05, 3.63) is 75.6 Å². The van der Waals surface area contributed by atoms with Crippen molar-refractivity contribution in [2.24, 2.45) is 0 Å². The van der Waals surface area contributed by atoms with Gasteiger partial charge in [0.05, 0.1) is 13.7 Å². The minimum atomic E-state index is -0.421. The van der Waals surface area contributed by atoms with E-state index < -0.39 is 11.2 Å². The summed E-state index contributed by atoms with van der Waals surface area (Å²) in [6.07, 6.45) is 6.33. The van der Waals surface area contributed by atoms with Gasteiger partial charge in [0.1, 0.15) is 17.5 Å². The number of ether oxygens (including phenoxy) is 1. The maximum atomic E-state index is 13.2. The van der Waals surface area contributed by atoms with Crippen molar-refractivity contribution >= 4 is 11.0 Å². The molecule has 29 heavy (non-hydrogen) atoms. The zero-order valence-corrected chi connectivity index (χ0v) is 16.3. The van der Waals surface area contributed by atoms with Gasteiger partial charge in [0.25, 0.3) is 5.56 Å². The molecule has 4 rings (SSSR count). The van der Waals surface area contributed by atoms with E-state index in [1.54, 1.807) is 42.5 Å². The second kappa shape index (κ2) is 7.34. The number of rotatable bonds is 5. The second-order valence-corrected chi connectivity index (χ2v) is 6.86. The molecule has 148 valence electrons. The summed E-state index contributed by atoms with van der Waals surface area (Å²) in [5, 5.41) is 0.288. The molecule has 0 amide bonds. The van der Waals surface area contributed by atoms with Gasteiger partial charge in [-0.15, -0.1) is 0 Å². The van der Waals surface area contributed by atoms with Crippen LogP contribution in [0.4, 0.5) is 0 Å². The highest BCUT2D eigenvalue weighted by Gasteiger charge is 2.18. The van der Waals surface area contributed by atoms with Gasteiger partial charge in [-0.05, 0) is 31.5 Å². The third-order valence-corrected chi connectivity index (χ3v) is 4.65. The molecule has 3 heterocycles. The Kier molecular flexibility index (Phi) is 4.71. The first-order chi connectivity index (χ1) is 14.0. The van der Waals surface area contributed by atoms with Crippen LogP contribution in [0.1, 0.15) is 25.5 Å². The van der Waals surface area contributed by atoms with E-state index >= 15 is 0 Å². The standard InChI is InChI=1S/C20H20N6O3/c1-13(2)26-17-16(10-22-19(23-17)24-9-8-21-12-24)18(27)25(20(26)28)11-14-4-6-15(29-3)7-5-14/h4-10,12-13H,11H2,1-3H3. The van der Waals surface area contributed by atoms with Crippen molar-refractivity contribution < 1.29 is 4.74 Å². The van der Waals surface area contributed by atoms with Gasteiger partial charge < -0.3 is 4.74 Å². The molecular weight excluding hydrogens is 372 g/mol. The van der Waals surface area contributed by atoms with Crippen LogP contribution in [0, 0.1) is 0 Å². The van der Waals surface area contributed by atoms with Crippen LogP contribution in [0.2, 0.25) is 0 Å². The Bertz CT molecular complexity index is 1270. The van der Waals surface area contributed by atoms with E-state index in [4.69, 9.17) is 4.74 Å². The van der Waals surface area contributed by atoms with Crippen LogP contribution < -0.4 is 16.0 Å². The number of fused-ring (bicyclic) bond motifs is 1. The van der Waals surface area contributed by atoms with Crippen molar-refractivity contribution in [2.75, 3.05) is 7.11 Å². The van der Waals surface area contributed by atoms with Crippen LogP contribution in [0.3, 0.4) is 0 Å². The molecule has 1 aromatic carbocycles. The molecule has 0 saturated heterocycles. The van der Waals surface area contributed by atoms with Crippen molar-refractivity contribution in [1.29, 1.82) is 0 Å². The largest absolute Gasteiger partial charge is 0.497 e. The number of methoxy groups -OCH3 is 1. The SMILES string of the molecule is COc1ccc(Cn2c(=O)c3cnc(-n4ccnc4)nc3n(C(C)C)c2=O)cc1. The van der Waals surface area contributed by atoms with Gasteiger partial charge in [0, 0.05) is 24.6 Å². The van der Waals surface area contributed by atoms with Crippen LogP contribution >= 0.6 is 0 Å². The third-order valence-electron chi connectivity index (χ3n) is 4.65. The lowest BCUT2D eigenvalue weighted by molar-refractivity contribution is 0.414. The zero-order chi connectivity index (χ0) is 20.5. The highest BCUT2D eigenvalue weighted by atomic mass is 16.5. The monoisotopic (exact) mass is 392 g/mol. The van der Waals surface area contributed by atoms with Gasteiger partial charge in [-0.3, -0.25) is 18.5 Å². The van der Waals surface area contributed by atoms with Crippen LogP contribution in [-0.4, -0.2) is 35.8 Å². The number of imidazole rings is 1. The first-order valence-electron chi connectivity index (χ1n) is 9.13. The summed E-state index contributed by atoms with van der Waals surface area (Å²) < 4.78 is 9.51. The fourth-order valence-corrected chi connectivity index (χ4v) is 3.17. The molecule has 0 radical (unpaired) electrons. The van der Waals surface area contributed by atoms with Gasteiger partial charge in [-0.2, -0.15) is 4.98 Å². The molecule has 9 heteroatoms. The fraction of sp³-hybridized carbons (Fsp3) is 0.250. The lowest BCUT2D eigenvalue weighted by Crippen LogP contribution is -2.41. The zero-order valence-electron chi connectivity index (χ0n) is 16.3. The molecule has 0 aliphatic heterocycles. The van der Waals surface area contributed by atoms with Crippen LogP contribution in [-0.2, 0) is 6.54 Å². The minimum Gasteiger partial charge on any atom is -0.497 e. The Hall–Kier alpha value is -3.75. The van der Waals surface area contributed by atoms with E-state index in [2.05, 4.69) is 15.0 Å². The lowest BCUT2D eigenvalue weighted by Gasteiger charge is -2.16. The molecule has 0 aliphatic rings. The molecule has 4 aromatic rings. The molecule has 0 N–H and O–H groups in total. The molecule has 0 unspecified atom stereocenters. The van der Waals surface area contributed by atoms with Crippen molar-refractivity contribution in [3.8, 4) is 11.7 Å². The Morgan fingerprint density at radius 2 is 1.90 bits per heavy atom. The Labute approximate surface area is 165 Å². The molecule has 0 aliphatic carbocycles. The summed E-state index contributed by atoms with van der Waals surface area (Å²) in [7, 11) is 1.59. The Balaban J connectivity index is 1.91. The van der Waals surface area contributed by atoms with Crippen molar-refractivity contribution in [1.82, 2.24) is 28.7 Å². The van der Waals surface area contributed by atoms with Gasteiger partial charge in [0.2, 0.25) is 5.95 Å². The maximum Gasteiger partial charge on any atom is 0.333 e. The Morgan fingerprint density at radius 1 is 1.14 bits per heavy atom. The predicted octanol–water partition coefficient (Wildman–Crippen LogP) is 1.78. The number of nitrogens with zero attached hydrogens (tertiary/aromatic N) is 6. The number of benzene rings is 1. The average Bonchev–Trinajstić information content (AvgIpc) is 3.26. The van der Waals surface area contributed by atoms with Gasteiger partial charge in [0.15, 0.2) is 5.65 Å². The lowest BCUT2D eigenvalue weighted by atomic mass is 10.2. The maximum absolute atomic E-state index is 13.2. The summed E-state index contributed by atoms with van der Waals surface area (Å²) in [6.45, 7) is 3.90. The minimum absolute atomic E-state index is 0.146.